The second-order valence-corrected chi connectivity index (χ2v) is 17.8. The Morgan fingerprint density at radius 3 is 2.26 bits per heavy atom. The van der Waals surface area contributed by atoms with Gasteiger partial charge in [-0.25, -0.2) is 0 Å². The van der Waals surface area contributed by atoms with E-state index in [1.54, 1.807) is 12.7 Å². The Balaban J connectivity index is 2.90. The average Bonchev–Trinajstić information content (AvgIpc) is 2.36. The van der Waals surface area contributed by atoms with Crippen LogP contribution in [-0.2, 0) is 0 Å². The molecule has 1 rings (SSSR count). The molecule has 0 atom stereocenters. The van der Waals surface area contributed by atoms with Crippen molar-refractivity contribution in [1.82, 2.24) is 0 Å². The van der Waals surface area contributed by atoms with Gasteiger partial charge in [-0.05, 0) is 0 Å². The third-order valence-corrected chi connectivity index (χ3v) is 6.15. The summed E-state index contributed by atoms with van der Waals surface area (Å²) in [4.78, 5) is 0. The van der Waals surface area contributed by atoms with E-state index in [9.17, 15) is 0 Å². The number of methoxy groups -OCH3 is 1. The van der Waals surface area contributed by atoms with E-state index in [4.69, 9.17) is 4.74 Å². The zero-order chi connectivity index (χ0) is 14.3. The summed E-state index contributed by atoms with van der Waals surface area (Å²) < 4.78 is 5.24. The van der Waals surface area contributed by atoms with E-state index in [2.05, 4.69) is 54.5 Å². The van der Waals surface area contributed by atoms with Crippen molar-refractivity contribution >= 4 is 18.8 Å². The van der Waals surface area contributed by atoms with Crippen molar-refractivity contribution in [3.8, 4) is 5.75 Å². The summed E-state index contributed by atoms with van der Waals surface area (Å²) in [6.07, 6.45) is 6.22. The molecule has 2 heteroatoms. The van der Waals surface area contributed by atoms with Gasteiger partial charge in [0.25, 0.3) is 0 Å². The van der Waals surface area contributed by atoms with Crippen LogP contribution in [0.1, 0.15) is 31.7 Å². The number of hydrogen-bond acceptors (Lipinski definition) is 1. The Kier molecular flexibility index (Phi) is 6.70. The van der Waals surface area contributed by atoms with Crippen molar-refractivity contribution in [2.24, 2.45) is 0 Å². The van der Waals surface area contributed by atoms with Crippen LogP contribution in [0.2, 0.25) is 22.5 Å². The van der Waals surface area contributed by atoms with E-state index in [1.807, 2.05) is 0 Å². The van der Waals surface area contributed by atoms with Gasteiger partial charge < -0.3 is 0 Å². The minimum absolute atomic E-state index is 0.939. The maximum absolute atomic E-state index is 5.24. The van der Waals surface area contributed by atoms with Gasteiger partial charge >= 0.3 is 121 Å². The zero-order valence-corrected chi connectivity index (χ0v) is 15.2. The molecule has 0 N–H and O–H groups in total. The van der Waals surface area contributed by atoms with Gasteiger partial charge in [-0.3, -0.25) is 0 Å². The van der Waals surface area contributed by atoms with Crippen LogP contribution in [0.4, 0.5) is 0 Å². The van der Waals surface area contributed by atoms with Crippen molar-refractivity contribution < 1.29 is 4.74 Å². The molecule has 0 spiro atoms. The van der Waals surface area contributed by atoms with Crippen LogP contribution >= 0.6 is 0 Å². The quantitative estimate of drug-likeness (QED) is 0.469. The van der Waals surface area contributed by atoms with Gasteiger partial charge in [-0.1, -0.05) is 0 Å². The van der Waals surface area contributed by atoms with Crippen LogP contribution in [-0.4, -0.2) is 20.4 Å². The Morgan fingerprint density at radius 1 is 1.16 bits per heavy atom. The molecule has 0 aromatic heterocycles. The summed E-state index contributed by atoms with van der Waals surface area (Å²) in [6, 6.07) is 8.53. The van der Waals surface area contributed by atoms with E-state index < -0.39 is 13.3 Å². The molecule has 0 aliphatic rings. The molecular weight excluding hydrogens is 293 g/mol. The van der Waals surface area contributed by atoms with Gasteiger partial charge in [-0.15, -0.1) is 0 Å². The fraction of sp³-hybridized carbons (Fsp3) is 0.529. The Hall–Kier alpha value is -0.697. The zero-order valence-electron chi connectivity index (χ0n) is 13.1. The summed E-state index contributed by atoms with van der Waals surface area (Å²) in [5, 5.41) is 1.30. The Morgan fingerprint density at radius 2 is 1.79 bits per heavy atom. The number of unbranched alkanes of at least 4 members (excludes halogenated alkanes) is 2. The van der Waals surface area contributed by atoms with Crippen LogP contribution in [0.5, 0.6) is 5.75 Å². The van der Waals surface area contributed by atoms with Crippen molar-refractivity contribution in [1.29, 1.82) is 0 Å². The van der Waals surface area contributed by atoms with Gasteiger partial charge in [0.05, 0.1) is 0 Å². The molecule has 1 aromatic carbocycles. The van der Waals surface area contributed by atoms with Gasteiger partial charge in [0, 0.05) is 0 Å². The number of allylic oxidation sites excluding steroid dienone is 2. The molecule has 19 heavy (non-hydrogen) atoms. The number of hydrogen-bond donors (Lipinski definition) is 0. The first-order valence-corrected chi connectivity index (χ1v) is 15.1. The molecule has 0 heterocycles. The SMILES string of the molecule is CCCC/C=C(\[CH2][Ge]([CH3])([CH3])[CH3])c1ccc(OC)cc1. The monoisotopic (exact) mass is 322 g/mol. The van der Waals surface area contributed by atoms with Crippen LogP contribution in [0.15, 0.2) is 30.3 Å². The molecule has 1 nitrogen and oxygen atoms in total. The second-order valence-electron chi connectivity index (χ2n) is 6.34. The predicted molar refractivity (Wildman–Crippen MR) is 88.6 cm³/mol. The van der Waals surface area contributed by atoms with Crippen LogP contribution in [0.3, 0.4) is 0 Å². The van der Waals surface area contributed by atoms with E-state index >= 15 is 0 Å². The minimum atomic E-state index is -1.58. The van der Waals surface area contributed by atoms with Crippen LogP contribution in [0, 0.1) is 0 Å². The second kappa shape index (κ2) is 7.79. The summed E-state index contributed by atoms with van der Waals surface area (Å²) in [5.74, 6) is 8.39. The number of rotatable bonds is 7. The molecule has 0 amide bonds. The molecular formula is C17H28GeO. The Labute approximate surface area is 121 Å². The fourth-order valence-electron chi connectivity index (χ4n) is 2.15. The molecule has 106 valence electrons. The fourth-order valence-corrected chi connectivity index (χ4v) is 5.28. The van der Waals surface area contributed by atoms with Crippen molar-refractivity contribution in [2.75, 3.05) is 7.11 Å². The van der Waals surface area contributed by atoms with Crippen molar-refractivity contribution in [3.63, 3.8) is 0 Å². The predicted octanol–water partition coefficient (Wildman–Crippen LogP) is 5.61. The summed E-state index contributed by atoms with van der Waals surface area (Å²) in [5.41, 5.74) is 2.92. The molecule has 0 bridgehead atoms. The molecule has 1 aromatic rings. The van der Waals surface area contributed by atoms with Gasteiger partial charge in [0.15, 0.2) is 0 Å². The van der Waals surface area contributed by atoms with Crippen molar-refractivity contribution in [2.45, 2.75) is 48.7 Å². The standard InChI is InChI=1S/C17H28GeO/c1-6-7-8-9-16(14-18(2,3)4)15-10-12-17(19-5)13-11-15/h9-13H,6-8,14H2,1-5H3/b16-9+. The molecule has 0 aliphatic carbocycles. The molecule has 0 fully saturated rings. The average molecular weight is 321 g/mol. The van der Waals surface area contributed by atoms with Gasteiger partial charge in [0.1, 0.15) is 0 Å². The molecule has 0 saturated heterocycles. The third kappa shape index (κ3) is 6.33. The number of ether oxygens (including phenoxy) is 1. The topological polar surface area (TPSA) is 9.23 Å². The normalized spacial score (nSPS) is 12.6. The summed E-state index contributed by atoms with van der Waals surface area (Å²) >= 11 is -1.58. The van der Waals surface area contributed by atoms with E-state index in [0.717, 1.165) is 5.75 Å². The summed E-state index contributed by atoms with van der Waals surface area (Å²) in [6.45, 7) is 2.25. The van der Waals surface area contributed by atoms with Crippen molar-refractivity contribution in [3.05, 3.63) is 35.9 Å². The first-order chi connectivity index (χ1) is 8.96. The first kappa shape index (κ1) is 16.4. The van der Waals surface area contributed by atoms with E-state index in [1.165, 1.54) is 30.1 Å². The van der Waals surface area contributed by atoms with Crippen LogP contribution < -0.4 is 4.74 Å². The third-order valence-electron chi connectivity index (χ3n) is 3.13. The molecule has 0 saturated carbocycles. The molecule has 0 unspecified atom stereocenters. The van der Waals surface area contributed by atoms with Gasteiger partial charge in [-0.2, -0.15) is 0 Å². The summed E-state index contributed by atoms with van der Waals surface area (Å²) in [7, 11) is 1.72. The van der Waals surface area contributed by atoms with E-state index in [-0.39, 0.29) is 0 Å². The maximum atomic E-state index is 5.24. The molecule has 0 radical (unpaired) electrons. The van der Waals surface area contributed by atoms with Gasteiger partial charge in [0.2, 0.25) is 0 Å². The van der Waals surface area contributed by atoms with E-state index in [0.29, 0.717) is 0 Å². The first-order valence-electron chi connectivity index (χ1n) is 7.29. The number of benzene rings is 1. The Bertz CT molecular complexity index is 398. The van der Waals surface area contributed by atoms with Crippen LogP contribution in [0.25, 0.3) is 5.57 Å². The molecule has 0 aliphatic heterocycles.